The Kier molecular flexibility index (Phi) is 5.13. The third-order valence-electron chi connectivity index (χ3n) is 0.534. The maximum atomic E-state index is 5.44. The SMILES string of the molecule is [CH2]C(Cl)COCC=C. The molecule has 0 heterocycles. The van der Waals surface area contributed by atoms with Crippen molar-refractivity contribution in [1.82, 2.24) is 0 Å². The van der Waals surface area contributed by atoms with Crippen LogP contribution in [0, 0.1) is 6.92 Å². The lowest BCUT2D eigenvalue weighted by molar-refractivity contribution is 0.169. The van der Waals surface area contributed by atoms with Gasteiger partial charge in [0, 0.05) is 0 Å². The molecular weight excluding hydrogens is 124 g/mol. The fourth-order valence-electron chi connectivity index (χ4n) is 0.279. The number of halogens is 1. The molecule has 8 heavy (non-hydrogen) atoms. The summed E-state index contributed by atoms with van der Waals surface area (Å²) in [6.07, 6.45) is 1.68. The van der Waals surface area contributed by atoms with Crippen LogP contribution < -0.4 is 0 Å². The van der Waals surface area contributed by atoms with Gasteiger partial charge in [0.1, 0.15) is 0 Å². The molecule has 1 nitrogen and oxygen atoms in total. The van der Waals surface area contributed by atoms with Gasteiger partial charge in [-0.1, -0.05) is 6.08 Å². The van der Waals surface area contributed by atoms with E-state index in [0.29, 0.717) is 13.2 Å². The highest BCUT2D eigenvalue weighted by molar-refractivity contribution is 6.21. The lowest BCUT2D eigenvalue weighted by Crippen LogP contribution is -2.04. The number of rotatable bonds is 4. The molecule has 1 unspecified atom stereocenters. The predicted molar refractivity (Wildman–Crippen MR) is 36.0 cm³/mol. The van der Waals surface area contributed by atoms with E-state index < -0.39 is 0 Å². The van der Waals surface area contributed by atoms with Crippen LogP contribution in [0.3, 0.4) is 0 Å². The Morgan fingerprint density at radius 1 is 1.75 bits per heavy atom. The van der Waals surface area contributed by atoms with Crippen molar-refractivity contribution in [2.75, 3.05) is 13.2 Å². The Bertz CT molecular complexity index is 61.5. The molecular formula is C6H10ClO. The fourth-order valence-corrected chi connectivity index (χ4v) is 0.368. The van der Waals surface area contributed by atoms with E-state index in [0.717, 1.165) is 0 Å². The van der Waals surface area contributed by atoms with Crippen LogP contribution in [-0.4, -0.2) is 18.6 Å². The second-order valence-electron chi connectivity index (χ2n) is 1.42. The molecule has 0 aliphatic rings. The highest BCUT2D eigenvalue weighted by Crippen LogP contribution is 1.91. The van der Waals surface area contributed by atoms with Crippen LogP contribution in [0.5, 0.6) is 0 Å². The van der Waals surface area contributed by atoms with Crippen molar-refractivity contribution in [3.63, 3.8) is 0 Å². The molecule has 2 heteroatoms. The molecule has 0 rings (SSSR count). The molecule has 1 atom stereocenters. The normalized spacial score (nSPS) is 13.2. The molecule has 0 spiro atoms. The maximum Gasteiger partial charge on any atom is 0.0645 e. The number of ether oxygens (including phenoxy) is 1. The Labute approximate surface area is 55.3 Å². The minimum absolute atomic E-state index is 0.144. The van der Waals surface area contributed by atoms with E-state index in [1.165, 1.54) is 0 Å². The van der Waals surface area contributed by atoms with Gasteiger partial charge < -0.3 is 4.74 Å². The average molecular weight is 134 g/mol. The van der Waals surface area contributed by atoms with Gasteiger partial charge in [0.05, 0.1) is 18.6 Å². The van der Waals surface area contributed by atoms with Crippen LogP contribution in [0.2, 0.25) is 0 Å². The predicted octanol–water partition coefficient (Wildman–Crippen LogP) is 1.63. The highest BCUT2D eigenvalue weighted by atomic mass is 35.5. The number of hydrogen-bond donors (Lipinski definition) is 0. The summed E-state index contributed by atoms with van der Waals surface area (Å²) in [5.41, 5.74) is 0. The van der Waals surface area contributed by atoms with Gasteiger partial charge in [-0.15, -0.1) is 18.2 Å². The summed E-state index contributed by atoms with van der Waals surface area (Å²) < 4.78 is 4.93. The summed E-state index contributed by atoms with van der Waals surface area (Å²) in [6.45, 7) is 8.03. The molecule has 47 valence electrons. The van der Waals surface area contributed by atoms with Crippen molar-refractivity contribution in [2.24, 2.45) is 0 Å². The van der Waals surface area contributed by atoms with Crippen LogP contribution in [0.4, 0.5) is 0 Å². The van der Waals surface area contributed by atoms with E-state index >= 15 is 0 Å². The van der Waals surface area contributed by atoms with Gasteiger partial charge in [-0.05, 0) is 6.92 Å². The number of alkyl halides is 1. The van der Waals surface area contributed by atoms with Gasteiger partial charge in [0.25, 0.3) is 0 Å². The molecule has 0 saturated heterocycles. The Balaban J connectivity index is 2.81. The lowest BCUT2D eigenvalue weighted by atomic mass is 10.5. The van der Waals surface area contributed by atoms with E-state index in [4.69, 9.17) is 16.3 Å². The summed E-state index contributed by atoms with van der Waals surface area (Å²) in [6, 6.07) is 0. The third kappa shape index (κ3) is 5.99. The van der Waals surface area contributed by atoms with Gasteiger partial charge >= 0.3 is 0 Å². The minimum atomic E-state index is -0.144. The first-order valence-corrected chi connectivity index (χ1v) is 2.86. The van der Waals surface area contributed by atoms with Gasteiger partial charge in [0.2, 0.25) is 0 Å². The Morgan fingerprint density at radius 3 is 2.75 bits per heavy atom. The van der Waals surface area contributed by atoms with Crippen molar-refractivity contribution in [1.29, 1.82) is 0 Å². The highest BCUT2D eigenvalue weighted by Gasteiger charge is 1.91. The van der Waals surface area contributed by atoms with E-state index in [1.54, 1.807) is 6.08 Å². The molecule has 0 aromatic heterocycles. The smallest absolute Gasteiger partial charge is 0.0645 e. The van der Waals surface area contributed by atoms with E-state index in [2.05, 4.69) is 13.5 Å². The zero-order valence-corrected chi connectivity index (χ0v) is 5.53. The lowest BCUT2D eigenvalue weighted by Gasteiger charge is -1.99. The second-order valence-corrected chi connectivity index (χ2v) is 2.04. The van der Waals surface area contributed by atoms with Crippen LogP contribution in [0.25, 0.3) is 0 Å². The van der Waals surface area contributed by atoms with Crippen molar-refractivity contribution >= 4 is 11.6 Å². The zero-order valence-electron chi connectivity index (χ0n) is 4.77. The zero-order chi connectivity index (χ0) is 6.41. The molecule has 0 amide bonds. The topological polar surface area (TPSA) is 9.23 Å². The van der Waals surface area contributed by atoms with Gasteiger partial charge in [-0.3, -0.25) is 0 Å². The first-order valence-electron chi connectivity index (χ1n) is 2.43. The van der Waals surface area contributed by atoms with Crippen LogP contribution >= 0.6 is 11.6 Å². The summed E-state index contributed by atoms with van der Waals surface area (Å²) in [5, 5.41) is -0.144. The number of hydrogen-bond acceptors (Lipinski definition) is 1. The van der Waals surface area contributed by atoms with Crippen LogP contribution in [0.15, 0.2) is 12.7 Å². The molecule has 1 radical (unpaired) electrons. The van der Waals surface area contributed by atoms with Crippen molar-refractivity contribution < 1.29 is 4.74 Å². The van der Waals surface area contributed by atoms with Crippen molar-refractivity contribution in [2.45, 2.75) is 5.38 Å². The molecule has 0 bridgehead atoms. The monoisotopic (exact) mass is 133 g/mol. The Morgan fingerprint density at radius 2 is 2.38 bits per heavy atom. The first-order chi connectivity index (χ1) is 3.77. The second kappa shape index (κ2) is 5.13. The standard InChI is InChI=1S/C6H10ClO/c1-3-4-8-5-6(2)7/h3,6H,1-2,4-5H2. The van der Waals surface area contributed by atoms with Crippen molar-refractivity contribution in [3.8, 4) is 0 Å². The average Bonchev–Trinajstić information content (AvgIpc) is 1.66. The summed E-state index contributed by atoms with van der Waals surface area (Å²) >= 11 is 5.44. The van der Waals surface area contributed by atoms with Crippen LogP contribution in [0.1, 0.15) is 0 Å². The van der Waals surface area contributed by atoms with E-state index in [9.17, 15) is 0 Å². The largest absolute Gasteiger partial charge is 0.376 e. The molecule has 0 N–H and O–H groups in total. The molecule has 0 aromatic carbocycles. The molecule has 0 aliphatic carbocycles. The van der Waals surface area contributed by atoms with Gasteiger partial charge in [0.15, 0.2) is 0 Å². The molecule has 0 aromatic rings. The van der Waals surface area contributed by atoms with Crippen molar-refractivity contribution in [3.05, 3.63) is 19.6 Å². The maximum absolute atomic E-state index is 5.44. The summed E-state index contributed by atoms with van der Waals surface area (Å²) in [7, 11) is 0. The van der Waals surface area contributed by atoms with Crippen LogP contribution in [-0.2, 0) is 4.74 Å². The third-order valence-corrected chi connectivity index (χ3v) is 0.660. The quantitative estimate of drug-likeness (QED) is 0.322. The Hall–Kier alpha value is -0.0100. The van der Waals surface area contributed by atoms with Gasteiger partial charge in [-0.2, -0.15) is 0 Å². The van der Waals surface area contributed by atoms with E-state index in [1.807, 2.05) is 0 Å². The summed E-state index contributed by atoms with van der Waals surface area (Å²) in [4.78, 5) is 0. The minimum Gasteiger partial charge on any atom is -0.376 e. The molecule has 0 aliphatic heterocycles. The summed E-state index contributed by atoms with van der Waals surface area (Å²) in [5.74, 6) is 0. The fraction of sp³-hybridized carbons (Fsp3) is 0.500. The molecule has 0 fully saturated rings. The molecule has 0 saturated carbocycles. The first kappa shape index (κ1) is 7.99. The van der Waals surface area contributed by atoms with E-state index in [-0.39, 0.29) is 5.38 Å². The van der Waals surface area contributed by atoms with Gasteiger partial charge in [-0.25, -0.2) is 0 Å².